The minimum Gasteiger partial charge on any atom is -0.467 e. The zero-order chi connectivity index (χ0) is 47.8. The molecule has 67 heavy (non-hydrogen) atoms. The van der Waals surface area contributed by atoms with Crippen molar-refractivity contribution in [3.05, 3.63) is 140 Å². The molecule has 2 aliphatic carbocycles. The lowest BCUT2D eigenvalue weighted by atomic mass is 9.98. The number of esters is 2. The molecule has 3 aliphatic rings. The summed E-state index contributed by atoms with van der Waals surface area (Å²) in [7, 11) is 2.55. The van der Waals surface area contributed by atoms with Gasteiger partial charge < -0.3 is 48.3 Å². The first-order chi connectivity index (χ1) is 32.8. The van der Waals surface area contributed by atoms with Gasteiger partial charge in [0.15, 0.2) is 18.2 Å². The number of hydrogen-bond acceptors (Lipinski definition) is 15. The van der Waals surface area contributed by atoms with E-state index in [2.05, 4.69) is 42.2 Å². The van der Waals surface area contributed by atoms with Crippen LogP contribution in [0.1, 0.15) is 34.3 Å². The Balaban J connectivity index is 0.000000251. The second-order valence-corrected chi connectivity index (χ2v) is 14.4. The van der Waals surface area contributed by atoms with Gasteiger partial charge in [0, 0.05) is 33.4 Å². The molecule has 4 aromatic rings. The van der Waals surface area contributed by atoms with Crippen molar-refractivity contribution in [2.24, 2.45) is 10.2 Å². The number of ether oxygens (including phenoxy) is 8. The summed E-state index contributed by atoms with van der Waals surface area (Å²) in [5.41, 5.74) is 24.1. The summed E-state index contributed by atoms with van der Waals surface area (Å²) in [5, 5.41) is 16.2. The Kier molecular flexibility index (Phi) is 20.7. The van der Waals surface area contributed by atoms with Crippen molar-refractivity contribution in [1.29, 1.82) is 0 Å². The van der Waals surface area contributed by atoms with Crippen LogP contribution in [-0.4, -0.2) is 140 Å². The molecule has 21 nitrogen and oxygen atoms in total. The van der Waals surface area contributed by atoms with Crippen molar-refractivity contribution in [2.45, 2.75) is 24.1 Å². The molecule has 354 valence electrons. The summed E-state index contributed by atoms with van der Waals surface area (Å²) in [6.07, 6.45) is -1.66. The lowest BCUT2D eigenvalue weighted by Crippen LogP contribution is -2.45. The van der Waals surface area contributed by atoms with Crippen molar-refractivity contribution < 1.29 is 62.2 Å². The molecule has 0 spiro atoms. The largest absolute Gasteiger partial charge is 0.467 e. The quantitative estimate of drug-likeness (QED) is 0.0173. The second kappa shape index (κ2) is 27.3. The SMILES string of the molecule is COC(=O)[C@@H]1CN1C(=O)OC1c2ccccc2-c2ccccc21.COC(=O)[C@H](COCCOCCOCCOCCN=[N+]=[N-])NC(=O)OCC1c2ccccc2-c2ccccc21.[N-]=[N+]=NCO. The van der Waals surface area contributed by atoms with Crippen molar-refractivity contribution in [3.63, 3.8) is 0 Å². The van der Waals surface area contributed by atoms with Gasteiger partial charge in [-0.15, -0.1) is 0 Å². The molecule has 0 unspecified atom stereocenters. The number of carbonyl (C=O) groups is 4. The smallest absolute Gasteiger partial charge is 0.411 e. The summed E-state index contributed by atoms with van der Waals surface area (Å²) in [6.45, 7) is 2.62. The number of alkyl carbamates (subject to hydrolysis) is 1. The zero-order valence-electron chi connectivity index (χ0n) is 37.0. The summed E-state index contributed by atoms with van der Waals surface area (Å²) in [5.74, 6) is -1.14. The fourth-order valence-electron chi connectivity index (χ4n) is 7.22. The Morgan fingerprint density at radius 1 is 0.687 bits per heavy atom. The first-order valence-corrected chi connectivity index (χ1v) is 21.1. The summed E-state index contributed by atoms with van der Waals surface area (Å²) >= 11 is 0. The summed E-state index contributed by atoms with van der Waals surface area (Å²) < 4.78 is 42.1. The fourth-order valence-corrected chi connectivity index (χ4v) is 7.22. The van der Waals surface area contributed by atoms with Crippen LogP contribution in [0.5, 0.6) is 0 Å². The van der Waals surface area contributed by atoms with Crippen molar-refractivity contribution >= 4 is 24.1 Å². The molecule has 2 N–H and O–H groups in total. The molecule has 0 radical (unpaired) electrons. The Hall–Kier alpha value is -7.22. The number of aliphatic hydroxyl groups is 1. The molecule has 1 saturated heterocycles. The van der Waals surface area contributed by atoms with E-state index in [-0.39, 0.29) is 38.9 Å². The predicted octanol–water partition coefficient (Wildman–Crippen LogP) is 6.44. The van der Waals surface area contributed by atoms with E-state index >= 15 is 0 Å². The van der Waals surface area contributed by atoms with Crippen molar-refractivity contribution in [2.75, 3.05) is 93.5 Å². The molecule has 1 heterocycles. The van der Waals surface area contributed by atoms with Crippen LogP contribution in [0.15, 0.2) is 107 Å². The monoisotopic (exact) mass is 924 g/mol. The highest BCUT2D eigenvalue weighted by atomic mass is 16.6. The van der Waals surface area contributed by atoms with Crippen LogP contribution in [-0.2, 0) is 47.5 Å². The molecule has 21 heteroatoms. The van der Waals surface area contributed by atoms with E-state index in [0.29, 0.717) is 39.6 Å². The number of amides is 2. The van der Waals surface area contributed by atoms with Gasteiger partial charge in [0.05, 0.1) is 73.6 Å². The summed E-state index contributed by atoms with van der Waals surface area (Å²) in [4.78, 5) is 54.7. The highest BCUT2D eigenvalue weighted by Gasteiger charge is 2.47. The van der Waals surface area contributed by atoms with E-state index in [0.717, 1.165) is 44.5 Å². The van der Waals surface area contributed by atoms with Gasteiger partial charge in [-0.2, -0.15) is 0 Å². The number of carbonyl (C=O) groups excluding carboxylic acids is 4. The average molecular weight is 925 g/mol. The molecule has 0 aromatic heterocycles. The third-order valence-corrected chi connectivity index (χ3v) is 10.4. The van der Waals surface area contributed by atoms with Crippen LogP contribution < -0.4 is 5.32 Å². The standard InChI is InChI=1S/C27H34N4O8.C18H15NO4.CH3N3O/c1-34-26(32)25(19-38-17-16-37-15-14-36-13-12-35-11-10-29-31-28)30-27(33)39-18-24-22-8-4-2-6-20(22)21-7-3-5-9-23(21)24;1-22-17(20)15-10-19(15)18(21)23-16-13-8-4-2-6-11(13)12-7-3-5-9-14(12)16;2-4-3-1-5/h2-9,24-25H,10-19H2,1H3,(H,30,33);2-9,15-16H,10H2,1H3;5H,1H2/t25-;15-,19?;/m00./s1. The minimum absolute atomic E-state index is 0.0891. The molecule has 1 aliphatic heterocycles. The van der Waals surface area contributed by atoms with Gasteiger partial charge >= 0.3 is 24.1 Å². The number of azide groups is 2. The molecule has 2 atom stereocenters. The summed E-state index contributed by atoms with van der Waals surface area (Å²) in [6, 6.07) is 30.3. The minimum atomic E-state index is -1.02. The van der Waals surface area contributed by atoms with Crippen LogP contribution in [0.4, 0.5) is 9.59 Å². The number of aliphatic hydroxyl groups excluding tert-OH is 1. The maximum atomic E-state index is 12.5. The van der Waals surface area contributed by atoms with Gasteiger partial charge in [-0.05, 0) is 44.4 Å². The van der Waals surface area contributed by atoms with Gasteiger partial charge in [0.2, 0.25) is 0 Å². The third kappa shape index (κ3) is 14.6. The van der Waals surface area contributed by atoms with Gasteiger partial charge in [-0.25, -0.2) is 19.2 Å². The van der Waals surface area contributed by atoms with Gasteiger partial charge in [0.25, 0.3) is 0 Å². The maximum Gasteiger partial charge on any atom is 0.411 e. The van der Waals surface area contributed by atoms with E-state index in [1.165, 1.54) is 19.1 Å². The number of benzene rings is 4. The van der Waals surface area contributed by atoms with E-state index in [1.807, 2.05) is 84.9 Å². The van der Waals surface area contributed by atoms with E-state index in [1.54, 1.807) is 0 Å². The number of nitrogens with one attached hydrogen (secondary N) is 1. The molecule has 0 bridgehead atoms. The molecule has 0 saturated carbocycles. The van der Waals surface area contributed by atoms with Crippen molar-refractivity contribution in [3.8, 4) is 22.3 Å². The van der Waals surface area contributed by atoms with Crippen LogP contribution in [0.3, 0.4) is 0 Å². The third-order valence-electron chi connectivity index (χ3n) is 10.4. The lowest BCUT2D eigenvalue weighted by molar-refractivity contribution is -0.145. The molecule has 4 aromatic carbocycles. The van der Waals surface area contributed by atoms with Gasteiger partial charge in [0.1, 0.15) is 13.3 Å². The predicted molar refractivity (Wildman–Crippen MR) is 240 cm³/mol. The first kappa shape index (κ1) is 50.8. The van der Waals surface area contributed by atoms with E-state index in [9.17, 15) is 19.2 Å². The average Bonchev–Trinajstić information content (AvgIpc) is 4.03. The lowest BCUT2D eigenvalue weighted by Gasteiger charge is -2.18. The zero-order valence-corrected chi connectivity index (χ0v) is 37.0. The number of rotatable bonds is 21. The molecule has 7 rings (SSSR count). The van der Waals surface area contributed by atoms with Crippen LogP contribution >= 0.6 is 0 Å². The Morgan fingerprint density at radius 3 is 1.64 bits per heavy atom. The van der Waals surface area contributed by atoms with E-state index < -0.39 is 49.0 Å². The fraction of sp³-hybridized carbons (Fsp3) is 0.391. The molecular formula is C46H52N8O13. The van der Waals surface area contributed by atoms with Crippen LogP contribution in [0, 0.1) is 0 Å². The topological polar surface area (TPSA) is 275 Å². The number of hydrogen-bond donors (Lipinski definition) is 2. The number of nitrogens with zero attached hydrogens (tertiary/aromatic N) is 7. The first-order valence-electron chi connectivity index (χ1n) is 21.1. The highest BCUT2D eigenvalue weighted by Crippen LogP contribution is 2.46. The maximum absolute atomic E-state index is 12.5. The van der Waals surface area contributed by atoms with Crippen LogP contribution in [0.25, 0.3) is 43.1 Å². The van der Waals surface area contributed by atoms with Crippen molar-refractivity contribution in [1.82, 2.24) is 10.2 Å². The molecular weight excluding hydrogens is 873 g/mol. The molecule has 1 fully saturated rings. The second-order valence-electron chi connectivity index (χ2n) is 14.4. The van der Waals surface area contributed by atoms with E-state index in [4.69, 9.17) is 49.3 Å². The van der Waals surface area contributed by atoms with Gasteiger partial charge in [-0.3, -0.25) is 4.90 Å². The Labute approximate surface area is 386 Å². The Bertz CT molecular complexity index is 2280. The highest BCUT2D eigenvalue weighted by molar-refractivity contribution is 5.88. The number of fused-ring (bicyclic) bond motifs is 6. The van der Waals surface area contributed by atoms with Gasteiger partial charge in [-0.1, -0.05) is 107 Å². The Morgan fingerprint density at radius 2 is 1.16 bits per heavy atom. The normalized spacial score (nSPS) is 14.0. The molecule has 2 amide bonds. The number of methoxy groups -OCH3 is 2. The van der Waals surface area contributed by atoms with Crippen LogP contribution in [0.2, 0.25) is 0 Å².